The van der Waals surface area contributed by atoms with E-state index in [0.29, 0.717) is 13.2 Å². The lowest BCUT2D eigenvalue weighted by Gasteiger charge is -2.44. The Morgan fingerprint density at radius 3 is 2.45 bits per heavy atom. The van der Waals surface area contributed by atoms with Gasteiger partial charge in [-0.1, -0.05) is 19.3 Å². The van der Waals surface area contributed by atoms with Crippen molar-refractivity contribution in [2.75, 3.05) is 19.7 Å². The molecule has 5 nitrogen and oxygen atoms in total. The van der Waals surface area contributed by atoms with Crippen molar-refractivity contribution in [2.24, 2.45) is 0 Å². The first kappa shape index (κ1) is 15.3. The minimum Gasteiger partial charge on any atom is -0.374 e. The summed E-state index contributed by atoms with van der Waals surface area (Å²) in [5.41, 5.74) is -0.848. The smallest absolute Gasteiger partial charge is 0.248 e. The molecule has 114 valence electrons. The molecule has 0 aromatic carbocycles. The molecule has 1 saturated heterocycles. The number of nitrogens with zero attached hydrogens (tertiary/aromatic N) is 1. The molecule has 0 atom stereocenters. The zero-order valence-corrected chi connectivity index (χ0v) is 12.8. The van der Waals surface area contributed by atoms with Crippen LogP contribution < -0.4 is 5.32 Å². The van der Waals surface area contributed by atoms with Gasteiger partial charge in [0.1, 0.15) is 5.54 Å². The summed E-state index contributed by atoms with van der Waals surface area (Å²) in [7, 11) is 0. The summed E-state index contributed by atoms with van der Waals surface area (Å²) in [4.78, 5) is 26.2. The van der Waals surface area contributed by atoms with E-state index in [1.807, 2.05) is 20.8 Å². The fourth-order valence-electron chi connectivity index (χ4n) is 3.04. The molecule has 1 N–H and O–H groups in total. The number of carbonyl (C=O) groups excluding carboxylic acids is 2. The van der Waals surface area contributed by atoms with Gasteiger partial charge in [0, 0.05) is 6.54 Å². The van der Waals surface area contributed by atoms with E-state index in [9.17, 15) is 9.59 Å². The number of rotatable bonds is 3. The van der Waals surface area contributed by atoms with E-state index < -0.39 is 5.54 Å². The third-order valence-corrected chi connectivity index (χ3v) is 4.01. The predicted octanol–water partition coefficient (Wildman–Crippen LogP) is 1.46. The molecule has 1 heterocycles. The van der Waals surface area contributed by atoms with Crippen molar-refractivity contribution in [3.63, 3.8) is 0 Å². The van der Waals surface area contributed by atoms with Crippen LogP contribution in [0.1, 0.15) is 52.9 Å². The molecule has 5 heteroatoms. The highest BCUT2D eigenvalue weighted by Gasteiger charge is 2.46. The standard InChI is InChI=1S/C15H26N2O3/c1-14(2,3)20-10-9-17-11-12(18)16-15(13(17)19)7-5-4-6-8-15/h4-11H2,1-3H3,(H,16,18). The molecule has 2 aliphatic rings. The van der Waals surface area contributed by atoms with Gasteiger partial charge >= 0.3 is 0 Å². The lowest BCUT2D eigenvalue weighted by molar-refractivity contribution is -0.152. The Bertz CT molecular complexity index is 381. The Hall–Kier alpha value is -1.10. The summed E-state index contributed by atoms with van der Waals surface area (Å²) in [6.07, 6.45) is 4.72. The Morgan fingerprint density at radius 1 is 1.20 bits per heavy atom. The van der Waals surface area contributed by atoms with Gasteiger partial charge in [-0.15, -0.1) is 0 Å². The summed E-state index contributed by atoms with van der Waals surface area (Å²) >= 11 is 0. The molecule has 0 radical (unpaired) electrons. The average Bonchev–Trinajstić information content (AvgIpc) is 2.35. The minimum atomic E-state index is -0.630. The highest BCUT2D eigenvalue weighted by Crippen LogP contribution is 2.31. The van der Waals surface area contributed by atoms with Crippen LogP contribution in [0.2, 0.25) is 0 Å². The molecule has 0 bridgehead atoms. The molecule has 0 unspecified atom stereocenters. The second-order valence-corrected chi connectivity index (χ2v) is 6.88. The van der Waals surface area contributed by atoms with Crippen molar-refractivity contribution >= 4 is 11.8 Å². The molecule has 1 saturated carbocycles. The van der Waals surface area contributed by atoms with E-state index in [4.69, 9.17) is 4.74 Å². The number of nitrogens with one attached hydrogen (secondary N) is 1. The zero-order valence-electron chi connectivity index (χ0n) is 12.8. The molecule has 1 aliphatic carbocycles. The van der Waals surface area contributed by atoms with Crippen LogP contribution in [0.4, 0.5) is 0 Å². The molecule has 20 heavy (non-hydrogen) atoms. The van der Waals surface area contributed by atoms with E-state index >= 15 is 0 Å². The van der Waals surface area contributed by atoms with Crippen LogP contribution in [-0.2, 0) is 14.3 Å². The third kappa shape index (κ3) is 3.51. The average molecular weight is 282 g/mol. The van der Waals surface area contributed by atoms with Crippen molar-refractivity contribution in [1.29, 1.82) is 0 Å². The molecule has 2 rings (SSSR count). The molecule has 2 amide bonds. The number of carbonyl (C=O) groups is 2. The maximum absolute atomic E-state index is 12.7. The molecular weight excluding hydrogens is 256 g/mol. The van der Waals surface area contributed by atoms with Gasteiger partial charge in [0.15, 0.2) is 0 Å². The zero-order chi connectivity index (χ0) is 14.8. The quantitative estimate of drug-likeness (QED) is 0.852. The normalized spacial score (nSPS) is 23.1. The highest BCUT2D eigenvalue weighted by atomic mass is 16.5. The number of hydrogen-bond donors (Lipinski definition) is 1. The van der Waals surface area contributed by atoms with E-state index in [1.54, 1.807) is 4.90 Å². The predicted molar refractivity (Wildman–Crippen MR) is 76.2 cm³/mol. The van der Waals surface area contributed by atoms with Crippen LogP contribution in [0, 0.1) is 0 Å². The van der Waals surface area contributed by atoms with Gasteiger partial charge in [-0.2, -0.15) is 0 Å². The molecule has 1 aliphatic heterocycles. The monoisotopic (exact) mass is 282 g/mol. The van der Waals surface area contributed by atoms with Crippen molar-refractivity contribution in [2.45, 2.75) is 64.0 Å². The van der Waals surface area contributed by atoms with Crippen LogP contribution in [0.15, 0.2) is 0 Å². The fraction of sp³-hybridized carbons (Fsp3) is 0.867. The van der Waals surface area contributed by atoms with Crippen LogP contribution in [-0.4, -0.2) is 47.6 Å². The Morgan fingerprint density at radius 2 is 1.85 bits per heavy atom. The molecule has 0 aromatic rings. The maximum atomic E-state index is 12.7. The molecule has 2 fully saturated rings. The van der Waals surface area contributed by atoms with Gasteiger partial charge in [0.25, 0.3) is 0 Å². The highest BCUT2D eigenvalue weighted by molar-refractivity contribution is 5.98. The molecular formula is C15H26N2O3. The van der Waals surface area contributed by atoms with Gasteiger partial charge in [0.05, 0.1) is 18.8 Å². The van der Waals surface area contributed by atoms with Crippen molar-refractivity contribution in [3.8, 4) is 0 Å². The summed E-state index contributed by atoms with van der Waals surface area (Å²) in [5.74, 6) is 0.0385. The summed E-state index contributed by atoms with van der Waals surface area (Å²) in [6.45, 7) is 7.08. The van der Waals surface area contributed by atoms with Crippen molar-refractivity contribution < 1.29 is 14.3 Å². The summed E-state index contributed by atoms with van der Waals surface area (Å²) < 4.78 is 5.67. The van der Waals surface area contributed by atoms with Gasteiger partial charge in [-0.3, -0.25) is 9.59 Å². The molecule has 0 aromatic heterocycles. The summed E-state index contributed by atoms with van der Waals surface area (Å²) in [6, 6.07) is 0. The third-order valence-electron chi connectivity index (χ3n) is 4.01. The largest absolute Gasteiger partial charge is 0.374 e. The van der Waals surface area contributed by atoms with Gasteiger partial charge in [0.2, 0.25) is 11.8 Å². The Balaban J connectivity index is 1.98. The lowest BCUT2D eigenvalue weighted by Crippen LogP contribution is -2.67. The maximum Gasteiger partial charge on any atom is 0.248 e. The summed E-state index contributed by atoms with van der Waals surface area (Å²) in [5, 5.41) is 2.95. The van der Waals surface area contributed by atoms with Crippen molar-refractivity contribution in [1.82, 2.24) is 10.2 Å². The van der Waals surface area contributed by atoms with Crippen LogP contribution in [0.25, 0.3) is 0 Å². The first-order chi connectivity index (χ1) is 9.32. The first-order valence-electron chi connectivity index (χ1n) is 7.57. The lowest BCUT2D eigenvalue weighted by atomic mass is 9.79. The molecule has 1 spiro atoms. The van der Waals surface area contributed by atoms with Crippen LogP contribution in [0.5, 0.6) is 0 Å². The second-order valence-electron chi connectivity index (χ2n) is 6.88. The Labute approximate surface area is 121 Å². The van der Waals surface area contributed by atoms with E-state index in [-0.39, 0.29) is 24.0 Å². The second kappa shape index (κ2) is 5.72. The van der Waals surface area contributed by atoms with Gasteiger partial charge in [-0.25, -0.2) is 0 Å². The van der Waals surface area contributed by atoms with E-state index in [2.05, 4.69) is 5.32 Å². The van der Waals surface area contributed by atoms with Crippen molar-refractivity contribution in [3.05, 3.63) is 0 Å². The Kier molecular flexibility index (Phi) is 4.37. The van der Waals surface area contributed by atoms with E-state index in [1.165, 1.54) is 0 Å². The number of ether oxygens (including phenoxy) is 1. The van der Waals surface area contributed by atoms with E-state index in [0.717, 1.165) is 32.1 Å². The topological polar surface area (TPSA) is 58.6 Å². The van der Waals surface area contributed by atoms with Crippen LogP contribution >= 0.6 is 0 Å². The van der Waals surface area contributed by atoms with Gasteiger partial charge < -0.3 is 15.0 Å². The SMILES string of the molecule is CC(C)(C)OCCN1CC(=O)NC2(CCCCC2)C1=O. The number of amides is 2. The number of piperazine rings is 1. The van der Waals surface area contributed by atoms with Crippen LogP contribution in [0.3, 0.4) is 0 Å². The van der Waals surface area contributed by atoms with Gasteiger partial charge in [-0.05, 0) is 33.6 Å². The first-order valence-corrected chi connectivity index (χ1v) is 7.57. The number of hydrogen-bond acceptors (Lipinski definition) is 3. The fourth-order valence-corrected chi connectivity index (χ4v) is 3.04. The minimum absolute atomic E-state index is 0.0396.